The molecule has 45 heavy (non-hydrogen) atoms. The van der Waals surface area contributed by atoms with Crippen LogP contribution in [0.15, 0.2) is 90.5 Å². The first-order valence-corrected chi connectivity index (χ1v) is 16.3. The molecule has 3 fully saturated rings. The van der Waals surface area contributed by atoms with E-state index in [1.807, 2.05) is 12.1 Å². The molecule has 11 heteroatoms. The zero-order valence-corrected chi connectivity index (χ0v) is 26.6. The van der Waals surface area contributed by atoms with Crippen LogP contribution >= 0.6 is 39.1 Å². The van der Waals surface area contributed by atoms with Crippen molar-refractivity contribution in [3.8, 4) is 5.75 Å². The fourth-order valence-corrected chi connectivity index (χ4v) is 8.99. The Bertz CT molecular complexity index is 1810. The summed E-state index contributed by atoms with van der Waals surface area (Å²) in [6.07, 6.45) is 1.96. The first-order chi connectivity index (χ1) is 21.5. The van der Waals surface area contributed by atoms with E-state index in [-0.39, 0.29) is 35.7 Å². The lowest BCUT2D eigenvalue weighted by atomic mass is 9.56. The van der Waals surface area contributed by atoms with Crippen LogP contribution in [0.4, 0.5) is 5.69 Å². The Morgan fingerprint density at radius 3 is 2.13 bits per heavy atom. The fourth-order valence-electron chi connectivity index (χ4n) is 7.57. The number of nitrogens with zero attached hydrogens (tertiary/aromatic N) is 2. The first kappa shape index (κ1) is 29.9. The Hall–Kier alpha value is -3.79. The van der Waals surface area contributed by atoms with Gasteiger partial charge in [0.15, 0.2) is 15.5 Å². The van der Waals surface area contributed by atoms with Gasteiger partial charge in [-0.1, -0.05) is 70.0 Å². The van der Waals surface area contributed by atoms with Gasteiger partial charge in [-0.25, -0.2) is 0 Å². The van der Waals surface area contributed by atoms with Gasteiger partial charge in [-0.3, -0.25) is 33.8 Å². The molecule has 3 aromatic rings. The number of fused-ring (bicyclic) bond motifs is 4. The van der Waals surface area contributed by atoms with Gasteiger partial charge < -0.3 is 5.11 Å². The molecule has 4 amide bonds. The van der Waals surface area contributed by atoms with Gasteiger partial charge in [0.25, 0.3) is 11.8 Å². The third-order valence-corrected chi connectivity index (χ3v) is 11.6. The van der Waals surface area contributed by atoms with Crippen LogP contribution in [0.2, 0.25) is 0 Å². The summed E-state index contributed by atoms with van der Waals surface area (Å²) in [6.45, 7) is 0. The maximum absolute atomic E-state index is 14.2. The van der Waals surface area contributed by atoms with E-state index >= 15 is 0 Å². The number of benzene rings is 3. The third kappa shape index (κ3) is 4.13. The van der Waals surface area contributed by atoms with Gasteiger partial charge in [0.1, 0.15) is 5.75 Å². The molecule has 2 aliphatic heterocycles. The minimum Gasteiger partial charge on any atom is -0.508 e. The van der Waals surface area contributed by atoms with Crippen LogP contribution in [0.5, 0.6) is 5.75 Å². The van der Waals surface area contributed by atoms with Crippen molar-refractivity contribution in [2.75, 3.05) is 10.4 Å². The SMILES string of the molecule is O=C(c1ccccc1)c1ccc(N2C(=O)C3CC=C4C(CC5(Cl)C(=O)N(CBr)C(=O)C5(Cl)C4c4ccc(O)cc4)C3C2=O)cc1. The number of likely N-dealkylation sites (tertiary alicyclic amines) is 1. The minimum atomic E-state index is -1.90. The van der Waals surface area contributed by atoms with Gasteiger partial charge in [0.2, 0.25) is 11.8 Å². The van der Waals surface area contributed by atoms with Crippen molar-refractivity contribution in [3.63, 3.8) is 0 Å². The quantitative estimate of drug-likeness (QED) is 0.123. The molecular weight excluding hydrogens is 683 g/mol. The number of carbonyl (C=O) groups is 5. The number of rotatable bonds is 5. The summed E-state index contributed by atoms with van der Waals surface area (Å²) in [5, 5.41) is 9.98. The van der Waals surface area contributed by atoms with Crippen LogP contribution in [-0.2, 0) is 19.2 Å². The molecule has 1 saturated carbocycles. The topological polar surface area (TPSA) is 112 Å². The van der Waals surface area contributed by atoms with Crippen LogP contribution in [0.25, 0.3) is 0 Å². The number of alkyl halides is 3. The number of phenolic OH excluding ortho intramolecular Hbond substituents is 1. The van der Waals surface area contributed by atoms with Crippen molar-refractivity contribution in [2.45, 2.75) is 28.5 Å². The second kappa shape index (κ2) is 10.6. The monoisotopic (exact) mass is 706 g/mol. The lowest BCUT2D eigenvalue weighted by Gasteiger charge is -2.50. The summed E-state index contributed by atoms with van der Waals surface area (Å²) < 4.78 is 0. The van der Waals surface area contributed by atoms with Gasteiger partial charge in [0, 0.05) is 17.0 Å². The molecule has 228 valence electrons. The Labute approximate surface area is 276 Å². The maximum Gasteiger partial charge on any atom is 0.254 e. The van der Waals surface area contributed by atoms with E-state index in [1.54, 1.807) is 60.7 Å². The number of imide groups is 2. The molecule has 8 nitrogen and oxygen atoms in total. The van der Waals surface area contributed by atoms with Crippen LogP contribution in [0.3, 0.4) is 0 Å². The van der Waals surface area contributed by atoms with Gasteiger partial charge in [0.05, 0.1) is 23.0 Å². The predicted molar refractivity (Wildman–Crippen MR) is 170 cm³/mol. The van der Waals surface area contributed by atoms with Gasteiger partial charge in [-0.15, -0.1) is 23.2 Å². The van der Waals surface area contributed by atoms with Crippen molar-refractivity contribution in [3.05, 3.63) is 107 Å². The number of halogens is 3. The summed E-state index contributed by atoms with van der Waals surface area (Å²) in [5.74, 6) is -5.45. The summed E-state index contributed by atoms with van der Waals surface area (Å²) in [6, 6.07) is 21.3. The van der Waals surface area contributed by atoms with Crippen molar-refractivity contribution in [1.82, 2.24) is 4.90 Å². The highest BCUT2D eigenvalue weighted by atomic mass is 79.9. The number of phenols is 1. The molecule has 6 atom stereocenters. The van der Waals surface area contributed by atoms with Gasteiger partial charge >= 0.3 is 0 Å². The number of allylic oxidation sites excluding steroid dienone is 2. The van der Waals surface area contributed by atoms with Crippen molar-refractivity contribution < 1.29 is 29.1 Å². The number of amides is 4. The second-order valence-electron chi connectivity index (χ2n) is 11.8. The Morgan fingerprint density at radius 2 is 1.49 bits per heavy atom. The lowest BCUT2D eigenvalue weighted by Crippen LogP contribution is -2.60. The molecule has 2 saturated heterocycles. The molecule has 7 rings (SSSR count). The summed E-state index contributed by atoms with van der Waals surface area (Å²) in [7, 11) is 0. The van der Waals surface area contributed by atoms with E-state index < -0.39 is 51.1 Å². The Morgan fingerprint density at radius 1 is 0.844 bits per heavy atom. The van der Waals surface area contributed by atoms with E-state index in [0.29, 0.717) is 28.0 Å². The highest BCUT2D eigenvalue weighted by Crippen LogP contribution is 2.65. The minimum absolute atomic E-state index is 0.00385. The van der Waals surface area contributed by atoms with Crippen LogP contribution in [0, 0.1) is 17.8 Å². The molecule has 0 radical (unpaired) electrons. The van der Waals surface area contributed by atoms with Crippen molar-refractivity contribution in [2.24, 2.45) is 17.8 Å². The number of hydrogen-bond acceptors (Lipinski definition) is 6. The molecular formula is C34H25BrCl2N2O6. The molecule has 4 aliphatic rings. The Kier molecular flexibility index (Phi) is 7.07. The molecule has 2 heterocycles. The summed E-state index contributed by atoms with van der Waals surface area (Å²) >= 11 is 17.6. The van der Waals surface area contributed by atoms with E-state index in [4.69, 9.17) is 23.2 Å². The van der Waals surface area contributed by atoms with E-state index in [9.17, 15) is 29.1 Å². The summed E-state index contributed by atoms with van der Waals surface area (Å²) in [4.78, 5) is 66.8. The normalized spacial score (nSPS) is 30.6. The lowest BCUT2D eigenvalue weighted by molar-refractivity contribution is -0.138. The predicted octanol–water partition coefficient (Wildman–Crippen LogP) is 5.54. The number of carbonyl (C=O) groups excluding carboxylic acids is 5. The second-order valence-corrected chi connectivity index (χ2v) is 13.6. The highest BCUT2D eigenvalue weighted by molar-refractivity contribution is 9.09. The van der Waals surface area contributed by atoms with Crippen LogP contribution < -0.4 is 4.90 Å². The van der Waals surface area contributed by atoms with Crippen molar-refractivity contribution in [1.29, 1.82) is 0 Å². The van der Waals surface area contributed by atoms with Crippen molar-refractivity contribution >= 4 is 74.2 Å². The average molecular weight is 708 g/mol. The molecule has 0 spiro atoms. The maximum atomic E-state index is 14.2. The number of anilines is 1. The van der Waals surface area contributed by atoms with E-state index in [1.165, 1.54) is 12.1 Å². The average Bonchev–Trinajstić information content (AvgIpc) is 3.39. The molecule has 2 aliphatic carbocycles. The largest absolute Gasteiger partial charge is 0.508 e. The molecule has 1 N–H and O–H groups in total. The fraction of sp³-hybridized carbons (Fsp3) is 0.265. The van der Waals surface area contributed by atoms with E-state index in [0.717, 1.165) is 9.80 Å². The first-order valence-electron chi connectivity index (χ1n) is 14.4. The highest BCUT2D eigenvalue weighted by Gasteiger charge is 2.76. The molecule has 0 bridgehead atoms. The molecule has 0 aromatic heterocycles. The number of hydrogen-bond donors (Lipinski definition) is 1. The zero-order valence-electron chi connectivity index (χ0n) is 23.5. The zero-order chi connectivity index (χ0) is 31.8. The Balaban J connectivity index is 1.27. The number of ketones is 1. The van der Waals surface area contributed by atoms with Crippen LogP contribution in [-0.4, -0.2) is 54.6 Å². The van der Waals surface area contributed by atoms with Gasteiger partial charge in [-0.05, 0) is 60.7 Å². The molecule has 3 aromatic carbocycles. The number of aromatic hydroxyl groups is 1. The standard InChI is InChI=1S/C34H25BrCl2N2O6/c35-17-38-31(44)33(36)16-25-23(27(34(33,37)32(38)45)18-8-12-22(40)13-9-18)14-15-24-26(25)30(43)39(29(24)42)21-10-6-20(7-11-21)28(41)19-4-2-1-3-5-19/h1-14,24-27,40H,15-17H2. The molecule has 6 unspecified atom stereocenters. The third-order valence-electron chi connectivity index (χ3n) is 9.66. The smallest absolute Gasteiger partial charge is 0.254 e. The van der Waals surface area contributed by atoms with Gasteiger partial charge in [-0.2, -0.15) is 0 Å². The summed E-state index contributed by atoms with van der Waals surface area (Å²) in [5.41, 5.74) is 2.37. The van der Waals surface area contributed by atoms with E-state index in [2.05, 4.69) is 15.9 Å². The van der Waals surface area contributed by atoms with Crippen LogP contribution in [0.1, 0.15) is 40.2 Å².